The number of hydrogen-bond acceptors (Lipinski definition) is 6. The van der Waals surface area contributed by atoms with Crippen molar-refractivity contribution in [2.45, 2.75) is 14.8 Å². The molecule has 0 atom stereocenters. The summed E-state index contributed by atoms with van der Waals surface area (Å²) in [5.74, 6) is -1.14. The summed E-state index contributed by atoms with van der Waals surface area (Å²) in [5.41, 5.74) is -0.105. The molecule has 104 valence electrons. The molecule has 2 aromatic rings. The smallest absolute Gasteiger partial charge is 0.354 e. The first-order chi connectivity index (χ1) is 9.38. The Hall–Kier alpha value is -1.93. The summed E-state index contributed by atoms with van der Waals surface area (Å²) >= 11 is 1.08. The van der Waals surface area contributed by atoms with Crippen LogP contribution in [0.2, 0.25) is 0 Å². The fourth-order valence-electron chi connectivity index (χ4n) is 1.44. The molecule has 0 aliphatic rings. The molecule has 2 heterocycles. The third kappa shape index (κ3) is 3.34. The molecule has 0 amide bonds. The highest BCUT2D eigenvalue weighted by Gasteiger charge is 2.15. The van der Waals surface area contributed by atoms with Crippen LogP contribution < -0.4 is 0 Å². The number of sulfone groups is 1. The maximum Gasteiger partial charge on any atom is 0.354 e. The van der Waals surface area contributed by atoms with Crippen LogP contribution in [0.4, 0.5) is 0 Å². The normalized spacial score (nSPS) is 11.2. The number of pyridine rings is 2. The Labute approximate surface area is 119 Å². The number of aromatic carboxylic acids is 1. The summed E-state index contributed by atoms with van der Waals surface area (Å²) < 4.78 is 23.3. The molecule has 0 radical (unpaired) electrons. The van der Waals surface area contributed by atoms with Crippen LogP contribution in [0.3, 0.4) is 0 Å². The Kier molecular flexibility index (Phi) is 4.05. The fraction of sp³-hybridized carbons (Fsp3) is 0.0833. The second-order valence-electron chi connectivity index (χ2n) is 3.86. The molecule has 0 spiro atoms. The summed E-state index contributed by atoms with van der Waals surface area (Å²) in [4.78, 5) is 19.2. The van der Waals surface area contributed by atoms with E-state index in [1.807, 2.05) is 0 Å². The zero-order valence-corrected chi connectivity index (χ0v) is 12.0. The van der Waals surface area contributed by atoms with Crippen molar-refractivity contribution in [2.75, 3.05) is 6.26 Å². The predicted molar refractivity (Wildman–Crippen MR) is 72.7 cm³/mol. The summed E-state index contributed by atoms with van der Waals surface area (Å²) in [7, 11) is -3.40. The predicted octanol–water partition coefficient (Wildman–Crippen LogP) is 1.73. The second-order valence-corrected chi connectivity index (χ2v) is 6.91. The van der Waals surface area contributed by atoms with Gasteiger partial charge in [-0.1, -0.05) is 11.8 Å². The van der Waals surface area contributed by atoms with Gasteiger partial charge in [-0.05, 0) is 24.3 Å². The first-order valence-corrected chi connectivity index (χ1v) is 8.11. The molecule has 6 nitrogen and oxygen atoms in total. The van der Waals surface area contributed by atoms with Crippen LogP contribution in [-0.2, 0) is 9.84 Å². The maximum absolute atomic E-state index is 11.7. The molecule has 0 unspecified atom stereocenters. The SMILES string of the molecule is CS(=O)(=O)c1cccnc1Sc1ccnc(C(=O)O)c1. The van der Waals surface area contributed by atoms with E-state index in [1.54, 1.807) is 6.07 Å². The molecule has 0 saturated carbocycles. The van der Waals surface area contributed by atoms with Crippen molar-refractivity contribution < 1.29 is 18.3 Å². The Bertz CT molecular complexity index is 760. The van der Waals surface area contributed by atoms with Crippen LogP contribution in [0.25, 0.3) is 0 Å². The van der Waals surface area contributed by atoms with Crippen molar-refractivity contribution in [1.29, 1.82) is 0 Å². The van der Waals surface area contributed by atoms with Crippen molar-refractivity contribution in [3.63, 3.8) is 0 Å². The lowest BCUT2D eigenvalue weighted by Gasteiger charge is -2.06. The molecule has 0 aliphatic carbocycles. The molecule has 2 aromatic heterocycles. The average molecular weight is 310 g/mol. The lowest BCUT2D eigenvalue weighted by Crippen LogP contribution is -2.01. The quantitative estimate of drug-likeness (QED) is 0.918. The first kappa shape index (κ1) is 14.5. The van der Waals surface area contributed by atoms with Crippen LogP contribution in [0, 0.1) is 0 Å². The van der Waals surface area contributed by atoms with Crippen LogP contribution in [0.1, 0.15) is 10.5 Å². The van der Waals surface area contributed by atoms with Crippen LogP contribution in [-0.4, -0.2) is 35.7 Å². The van der Waals surface area contributed by atoms with Gasteiger partial charge in [0.15, 0.2) is 9.84 Å². The van der Waals surface area contributed by atoms with Gasteiger partial charge in [0.25, 0.3) is 0 Å². The minimum absolute atomic E-state index is 0.105. The van der Waals surface area contributed by atoms with Crippen molar-refractivity contribution in [2.24, 2.45) is 0 Å². The monoisotopic (exact) mass is 310 g/mol. The zero-order valence-electron chi connectivity index (χ0n) is 10.3. The zero-order chi connectivity index (χ0) is 14.8. The lowest BCUT2D eigenvalue weighted by atomic mass is 10.3. The highest BCUT2D eigenvalue weighted by Crippen LogP contribution is 2.30. The van der Waals surface area contributed by atoms with E-state index in [1.165, 1.54) is 30.6 Å². The topological polar surface area (TPSA) is 97.2 Å². The number of carbonyl (C=O) groups is 1. The molecule has 2 rings (SSSR count). The minimum Gasteiger partial charge on any atom is -0.477 e. The standard InChI is InChI=1S/C12H10N2O4S2/c1-20(17,18)10-3-2-5-14-11(10)19-8-4-6-13-9(7-8)12(15)16/h2-7H,1H3,(H,15,16). The van der Waals surface area contributed by atoms with Gasteiger partial charge in [-0.2, -0.15) is 0 Å². The molecule has 0 bridgehead atoms. The number of rotatable bonds is 4. The highest BCUT2D eigenvalue weighted by molar-refractivity contribution is 8.00. The number of carboxylic acid groups (broad SMARTS) is 1. The van der Waals surface area contributed by atoms with Gasteiger partial charge in [-0.15, -0.1) is 0 Å². The Morgan fingerprint density at radius 3 is 2.65 bits per heavy atom. The van der Waals surface area contributed by atoms with E-state index in [-0.39, 0.29) is 10.6 Å². The third-order valence-corrected chi connectivity index (χ3v) is 4.57. The Morgan fingerprint density at radius 1 is 1.25 bits per heavy atom. The average Bonchev–Trinajstić information content (AvgIpc) is 2.38. The molecule has 8 heteroatoms. The highest BCUT2D eigenvalue weighted by atomic mass is 32.2. The van der Waals surface area contributed by atoms with Gasteiger partial charge in [0, 0.05) is 23.5 Å². The van der Waals surface area contributed by atoms with E-state index < -0.39 is 15.8 Å². The van der Waals surface area contributed by atoms with Gasteiger partial charge >= 0.3 is 5.97 Å². The van der Waals surface area contributed by atoms with Crippen molar-refractivity contribution in [1.82, 2.24) is 9.97 Å². The molecule has 1 N–H and O–H groups in total. The van der Waals surface area contributed by atoms with Crippen molar-refractivity contribution in [3.05, 3.63) is 42.4 Å². The van der Waals surface area contributed by atoms with Gasteiger partial charge in [-0.3, -0.25) is 0 Å². The van der Waals surface area contributed by atoms with Gasteiger partial charge in [0.2, 0.25) is 0 Å². The molecular weight excluding hydrogens is 300 g/mol. The molecule has 0 fully saturated rings. The summed E-state index contributed by atoms with van der Waals surface area (Å²) in [6, 6.07) is 5.96. The minimum atomic E-state index is -3.40. The Balaban J connectivity index is 2.41. The fourth-order valence-corrected chi connectivity index (χ4v) is 3.52. The number of hydrogen-bond donors (Lipinski definition) is 1. The first-order valence-electron chi connectivity index (χ1n) is 5.40. The van der Waals surface area contributed by atoms with E-state index >= 15 is 0 Å². The van der Waals surface area contributed by atoms with Crippen molar-refractivity contribution >= 4 is 27.6 Å². The maximum atomic E-state index is 11.7. The second kappa shape index (κ2) is 5.59. The molecule has 0 saturated heterocycles. The van der Waals surface area contributed by atoms with Crippen molar-refractivity contribution in [3.8, 4) is 0 Å². The third-order valence-electron chi connectivity index (χ3n) is 2.30. The van der Waals surface area contributed by atoms with Gasteiger partial charge in [-0.25, -0.2) is 23.2 Å². The summed E-state index contributed by atoms with van der Waals surface area (Å²) in [5, 5.41) is 9.18. The van der Waals surface area contributed by atoms with Crippen LogP contribution >= 0.6 is 11.8 Å². The Morgan fingerprint density at radius 2 is 2.00 bits per heavy atom. The lowest BCUT2D eigenvalue weighted by molar-refractivity contribution is 0.0690. The van der Waals surface area contributed by atoms with Gasteiger partial charge < -0.3 is 5.11 Å². The molecule has 0 aliphatic heterocycles. The van der Waals surface area contributed by atoms with Crippen LogP contribution in [0.5, 0.6) is 0 Å². The summed E-state index contributed by atoms with van der Waals surface area (Å²) in [6.45, 7) is 0. The van der Waals surface area contributed by atoms with E-state index in [9.17, 15) is 13.2 Å². The number of nitrogens with zero attached hydrogens (tertiary/aromatic N) is 2. The summed E-state index contributed by atoms with van der Waals surface area (Å²) in [6.07, 6.45) is 3.94. The van der Waals surface area contributed by atoms with E-state index in [2.05, 4.69) is 9.97 Å². The molecule has 20 heavy (non-hydrogen) atoms. The van der Waals surface area contributed by atoms with Gasteiger partial charge in [0.05, 0.1) is 4.90 Å². The van der Waals surface area contributed by atoms with Gasteiger partial charge in [0.1, 0.15) is 10.7 Å². The molecular formula is C12H10N2O4S2. The van der Waals surface area contributed by atoms with E-state index in [0.717, 1.165) is 18.0 Å². The van der Waals surface area contributed by atoms with E-state index in [4.69, 9.17) is 5.11 Å². The largest absolute Gasteiger partial charge is 0.477 e. The number of carboxylic acids is 1. The molecule has 0 aromatic carbocycles. The van der Waals surface area contributed by atoms with E-state index in [0.29, 0.717) is 9.92 Å². The van der Waals surface area contributed by atoms with Crippen LogP contribution in [0.15, 0.2) is 51.5 Å². The number of aromatic nitrogens is 2.